The Labute approximate surface area is 228 Å². The zero-order chi connectivity index (χ0) is 27.6. The van der Waals surface area contributed by atoms with Gasteiger partial charge in [-0.05, 0) is 77.8 Å². The molecular formula is C24H41BrF2N4O2S2Si. The van der Waals surface area contributed by atoms with E-state index in [0.717, 1.165) is 18.1 Å². The molecule has 1 fully saturated rings. The number of thiol groups is 1. The first-order valence-corrected chi connectivity index (χ1v) is 19.0. The first-order valence-electron chi connectivity index (χ1n) is 12.5. The quantitative estimate of drug-likeness (QED) is 0.153. The predicted molar refractivity (Wildman–Crippen MR) is 153 cm³/mol. The summed E-state index contributed by atoms with van der Waals surface area (Å²) in [6, 6.07) is 6.24. The van der Waals surface area contributed by atoms with Crippen molar-refractivity contribution in [2.75, 3.05) is 19.0 Å². The average molecular weight is 628 g/mol. The first-order chi connectivity index (χ1) is 16.6. The van der Waals surface area contributed by atoms with E-state index in [-0.39, 0.29) is 5.69 Å². The van der Waals surface area contributed by atoms with Crippen LogP contribution in [0.5, 0.6) is 0 Å². The maximum atomic E-state index is 16.6. The number of pyridine rings is 1. The van der Waals surface area contributed by atoms with Gasteiger partial charge < -0.3 is 4.55 Å². The van der Waals surface area contributed by atoms with Crippen LogP contribution in [0.3, 0.4) is 0 Å². The fraction of sp³-hybridized carbons (Fsp3) is 0.750. The minimum absolute atomic E-state index is 0.234. The Kier molecular flexibility index (Phi) is 10.4. The molecule has 12 heteroatoms. The third-order valence-corrected chi connectivity index (χ3v) is 19.1. The van der Waals surface area contributed by atoms with Gasteiger partial charge in [-0.1, -0.05) is 38.9 Å². The molecule has 1 aliphatic rings. The summed E-state index contributed by atoms with van der Waals surface area (Å²) in [6.07, 6.45) is 1.01. The van der Waals surface area contributed by atoms with Crippen molar-refractivity contribution >= 4 is 50.7 Å². The maximum absolute atomic E-state index is 16.6. The molecule has 1 aromatic heterocycles. The molecule has 36 heavy (non-hydrogen) atoms. The van der Waals surface area contributed by atoms with Crippen LogP contribution in [-0.4, -0.2) is 50.3 Å². The largest absolute Gasteiger partial charge is 0.598 e. The van der Waals surface area contributed by atoms with Crippen LogP contribution in [0.2, 0.25) is 18.1 Å². The second-order valence-electron chi connectivity index (χ2n) is 11.0. The van der Waals surface area contributed by atoms with E-state index in [4.69, 9.17) is 0 Å². The number of hydrogen-bond acceptors (Lipinski definition) is 5. The van der Waals surface area contributed by atoms with Crippen molar-refractivity contribution in [3.63, 3.8) is 0 Å². The van der Waals surface area contributed by atoms with Crippen molar-refractivity contribution < 1.29 is 17.5 Å². The Balaban J connectivity index is 2.88. The van der Waals surface area contributed by atoms with Gasteiger partial charge >= 0.3 is 0 Å². The lowest BCUT2D eigenvalue weighted by molar-refractivity contribution is 0.291. The SMILES string of the molecule is CC[Si](CC)(CC)c1cc(Br)nc([C@](CF)(C[SH]2(=O)NCCCC2(C)C#N)N[S@+]([O-])C(C)(C)C)c1F. The smallest absolute Gasteiger partial charge is 0.147 e. The van der Waals surface area contributed by atoms with E-state index in [1.807, 2.05) is 20.8 Å². The third-order valence-electron chi connectivity index (χ3n) is 7.79. The van der Waals surface area contributed by atoms with Crippen LogP contribution in [0.4, 0.5) is 8.78 Å². The van der Waals surface area contributed by atoms with Gasteiger partial charge in [-0.15, -0.1) is 4.72 Å². The topological polar surface area (TPSA) is 101 Å². The Morgan fingerprint density at radius 3 is 2.42 bits per heavy atom. The molecule has 0 aliphatic carbocycles. The summed E-state index contributed by atoms with van der Waals surface area (Å²) in [7, 11) is -5.90. The minimum Gasteiger partial charge on any atom is -0.598 e. The van der Waals surface area contributed by atoms with Crippen molar-refractivity contribution in [3.05, 3.63) is 22.2 Å². The summed E-state index contributed by atoms with van der Waals surface area (Å²) < 4.78 is 63.7. The molecule has 1 unspecified atom stereocenters. The Hall–Kier alpha value is -0.423. The first kappa shape index (κ1) is 31.8. The number of hydrogen-bond donors (Lipinski definition) is 3. The second-order valence-corrected chi connectivity index (χ2v) is 22.1. The van der Waals surface area contributed by atoms with Crippen LogP contribution in [0.15, 0.2) is 10.7 Å². The lowest BCUT2D eigenvalue weighted by Gasteiger charge is -2.46. The van der Waals surface area contributed by atoms with Gasteiger partial charge in [-0.2, -0.15) is 5.26 Å². The average Bonchev–Trinajstić information content (AvgIpc) is 2.83. The molecule has 0 spiro atoms. The molecule has 2 N–H and O–H groups in total. The molecular weight excluding hydrogens is 586 g/mol. The van der Waals surface area contributed by atoms with E-state index in [9.17, 15) is 14.0 Å². The van der Waals surface area contributed by atoms with Crippen LogP contribution in [0, 0.1) is 17.1 Å². The fourth-order valence-corrected chi connectivity index (χ4v) is 13.3. The minimum atomic E-state index is -3.62. The molecule has 206 valence electrons. The van der Waals surface area contributed by atoms with E-state index in [1.165, 1.54) is 0 Å². The van der Waals surface area contributed by atoms with Gasteiger partial charge in [0.25, 0.3) is 0 Å². The zero-order valence-electron chi connectivity index (χ0n) is 22.4. The predicted octanol–water partition coefficient (Wildman–Crippen LogP) is 4.51. The highest BCUT2D eigenvalue weighted by Crippen LogP contribution is 2.38. The van der Waals surface area contributed by atoms with Crippen molar-refractivity contribution in [2.45, 2.75) is 94.5 Å². The third kappa shape index (κ3) is 5.92. The summed E-state index contributed by atoms with van der Waals surface area (Å²) in [5.74, 6) is -1.06. The number of aromatic nitrogens is 1. The number of nitrogens with one attached hydrogen (secondary N) is 2. The molecule has 6 nitrogen and oxygen atoms in total. The number of nitriles is 1. The normalized spacial score (nSPS) is 23.9. The van der Waals surface area contributed by atoms with Crippen LogP contribution in [-0.2, 0) is 27.0 Å². The maximum Gasteiger partial charge on any atom is 0.147 e. The Morgan fingerprint density at radius 1 is 1.36 bits per heavy atom. The van der Waals surface area contributed by atoms with Gasteiger partial charge in [0.2, 0.25) is 0 Å². The summed E-state index contributed by atoms with van der Waals surface area (Å²) in [6.45, 7) is 12.1. The molecule has 0 saturated carbocycles. The zero-order valence-corrected chi connectivity index (χ0v) is 26.7. The molecule has 0 amide bonds. The molecule has 1 aliphatic heterocycles. The number of nitrogens with zero attached hydrogens (tertiary/aromatic N) is 2. The summed E-state index contributed by atoms with van der Waals surface area (Å²) in [5.41, 5.74) is -2.20. The Morgan fingerprint density at radius 2 is 1.94 bits per heavy atom. The van der Waals surface area contributed by atoms with Crippen molar-refractivity contribution in [1.29, 1.82) is 5.26 Å². The highest BCUT2D eigenvalue weighted by Gasteiger charge is 2.53. The molecule has 3 atom stereocenters. The molecule has 2 rings (SSSR count). The summed E-state index contributed by atoms with van der Waals surface area (Å²) >= 11 is 1.57. The van der Waals surface area contributed by atoms with E-state index < -0.39 is 62.8 Å². The molecule has 1 aromatic rings. The molecule has 2 heterocycles. The fourth-order valence-electron chi connectivity index (χ4n) is 4.94. The van der Waals surface area contributed by atoms with E-state index in [2.05, 4.69) is 36.4 Å². The number of halogens is 3. The van der Waals surface area contributed by atoms with Crippen LogP contribution < -0.4 is 14.6 Å². The van der Waals surface area contributed by atoms with E-state index in [1.54, 1.807) is 33.8 Å². The second kappa shape index (κ2) is 11.8. The van der Waals surface area contributed by atoms with E-state index in [0.29, 0.717) is 29.2 Å². The molecule has 0 radical (unpaired) electrons. The summed E-state index contributed by atoms with van der Waals surface area (Å²) in [4.78, 5) is 4.39. The Bertz CT molecular complexity index is 1030. The highest BCUT2D eigenvalue weighted by molar-refractivity contribution is 9.10. The number of rotatable bonds is 10. The lowest BCUT2D eigenvalue weighted by atomic mass is 9.99. The van der Waals surface area contributed by atoms with Gasteiger partial charge in [0.05, 0.1) is 14.1 Å². The van der Waals surface area contributed by atoms with Gasteiger partial charge in [0.15, 0.2) is 0 Å². The molecule has 0 aromatic carbocycles. The summed E-state index contributed by atoms with van der Waals surface area (Å²) in [5, 5.41) is 10.5. The number of alkyl halides is 1. The monoisotopic (exact) mass is 626 g/mol. The molecule has 0 bridgehead atoms. The molecule has 1 saturated heterocycles. The van der Waals surface area contributed by atoms with Crippen LogP contribution >= 0.6 is 15.9 Å². The van der Waals surface area contributed by atoms with Gasteiger partial charge in [-0.25, -0.2) is 13.8 Å². The lowest BCUT2D eigenvalue weighted by Crippen LogP contribution is -2.64. The van der Waals surface area contributed by atoms with E-state index >= 15 is 8.78 Å². The standard InChI is InChI=1S/C24H41BrF2N4O2S2Si/c1-8-36(9-2,10-3)18-14-19(25)30-21(20(18)27)24(15-26,31-34(32)22(4,5)6)17-35(33)23(7,16-28)12-11-13-29-35/h14,31,35H,8-13,15,17H2,1-7H3,(H,29,33)/t23?,24-,34+/m0/s1. The van der Waals surface area contributed by atoms with Crippen molar-refractivity contribution in [1.82, 2.24) is 14.4 Å². The van der Waals surface area contributed by atoms with Crippen LogP contribution in [0.1, 0.15) is 67.0 Å². The van der Waals surface area contributed by atoms with Crippen molar-refractivity contribution in [3.8, 4) is 6.07 Å². The van der Waals surface area contributed by atoms with Gasteiger partial charge in [-0.3, -0.25) is 8.93 Å². The highest BCUT2D eigenvalue weighted by atomic mass is 79.9. The van der Waals surface area contributed by atoms with Crippen LogP contribution in [0.25, 0.3) is 0 Å². The van der Waals surface area contributed by atoms with Gasteiger partial charge in [0, 0.05) is 23.7 Å². The van der Waals surface area contributed by atoms with Crippen molar-refractivity contribution in [2.24, 2.45) is 0 Å². The van der Waals surface area contributed by atoms with Gasteiger partial charge in [0.1, 0.15) is 37.8 Å².